The van der Waals surface area contributed by atoms with E-state index in [9.17, 15) is 27.9 Å². The molecule has 9 nitrogen and oxygen atoms in total. The first-order chi connectivity index (χ1) is 15.2. The Morgan fingerprint density at radius 1 is 1.25 bits per heavy atom. The Hall–Kier alpha value is -3.96. The van der Waals surface area contributed by atoms with E-state index in [2.05, 4.69) is 20.1 Å². The van der Waals surface area contributed by atoms with Crippen LogP contribution >= 0.6 is 0 Å². The second kappa shape index (κ2) is 7.94. The van der Waals surface area contributed by atoms with Crippen LogP contribution in [0.2, 0.25) is 0 Å². The minimum absolute atomic E-state index is 0.0413. The van der Waals surface area contributed by atoms with Crippen molar-refractivity contribution in [3.05, 3.63) is 64.0 Å². The van der Waals surface area contributed by atoms with Crippen LogP contribution in [-0.2, 0) is 19.3 Å². The third kappa shape index (κ3) is 3.98. The van der Waals surface area contributed by atoms with Gasteiger partial charge >= 0.3 is 12.1 Å². The smallest absolute Gasteiger partial charge is 0.416 e. The number of carbonyl (C=O) groups is 1. The molecule has 0 aliphatic carbocycles. The lowest BCUT2D eigenvalue weighted by Crippen LogP contribution is -2.27. The van der Waals surface area contributed by atoms with Crippen molar-refractivity contribution in [3.8, 4) is 11.4 Å². The van der Waals surface area contributed by atoms with Crippen molar-refractivity contribution >= 4 is 17.1 Å². The van der Waals surface area contributed by atoms with Gasteiger partial charge in [-0.3, -0.25) is 14.0 Å². The normalized spacial score (nSPS) is 11.9. The van der Waals surface area contributed by atoms with Crippen molar-refractivity contribution in [1.82, 2.24) is 29.3 Å². The molecule has 0 saturated heterocycles. The Balaban J connectivity index is 1.67. The number of carboxylic acid groups (broad SMARTS) is 1. The molecule has 0 unspecified atom stereocenters. The molecule has 0 bridgehead atoms. The number of aromatic amines is 1. The number of aromatic nitrogens is 6. The maximum absolute atomic E-state index is 12.9. The van der Waals surface area contributed by atoms with Gasteiger partial charge < -0.3 is 10.1 Å². The van der Waals surface area contributed by atoms with E-state index in [4.69, 9.17) is 0 Å². The van der Waals surface area contributed by atoms with Crippen LogP contribution in [0.3, 0.4) is 0 Å². The maximum Gasteiger partial charge on any atom is 0.416 e. The SMILES string of the molecule is CCCn1c(C(=O)O)nc2nc(-c3cnn(Cc4cccc(C(F)(F)F)c4)c3)[nH]c2c1=O. The molecule has 0 atom stereocenters. The Bertz CT molecular complexity index is 1370. The molecule has 0 spiro atoms. The van der Waals surface area contributed by atoms with E-state index in [1.54, 1.807) is 19.2 Å². The second-order valence-electron chi connectivity index (χ2n) is 7.11. The Kier molecular flexibility index (Phi) is 5.28. The summed E-state index contributed by atoms with van der Waals surface area (Å²) in [5, 5.41) is 13.5. The van der Waals surface area contributed by atoms with E-state index < -0.39 is 29.1 Å². The fourth-order valence-electron chi connectivity index (χ4n) is 3.32. The van der Waals surface area contributed by atoms with Crippen LogP contribution in [0.15, 0.2) is 41.5 Å². The molecule has 0 radical (unpaired) electrons. The maximum atomic E-state index is 12.9. The highest BCUT2D eigenvalue weighted by Crippen LogP contribution is 2.29. The number of benzene rings is 1. The van der Waals surface area contributed by atoms with Crippen molar-refractivity contribution in [3.63, 3.8) is 0 Å². The van der Waals surface area contributed by atoms with Gasteiger partial charge in [-0.25, -0.2) is 14.8 Å². The highest BCUT2D eigenvalue weighted by Gasteiger charge is 2.30. The molecule has 2 N–H and O–H groups in total. The standard InChI is InChI=1S/C20H17F3N6O3/c1-2-6-29-17(19(31)32)27-16-14(18(29)30)25-15(26-16)12-8-24-28(10-12)9-11-4-3-5-13(7-11)20(21,22)23/h3-5,7-8,10H,2,6,9H2,1H3,(H,25,26)(H,31,32). The molecule has 4 rings (SSSR count). The summed E-state index contributed by atoms with van der Waals surface area (Å²) in [4.78, 5) is 35.3. The molecule has 3 aromatic heterocycles. The summed E-state index contributed by atoms with van der Waals surface area (Å²) < 4.78 is 41.3. The van der Waals surface area contributed by atoms with Gasteiger partial charge in [0.2, 0.25) is 5.82 Å². The van der Waals surface area contributed by atoms with Crippen LogP contribution < -0.4 is 5.56 Å². The minimum Gasteiger partial charge on any atom is -0.475 e. The number of carboxylic acids is 1. The summed E-state index contributed by atoms with van der Waals surface area (Å²) in [6.45, 7) is 2.08. The first-order valence-electron chi connectivity index (χ1n) is 9.60. The first-order valence-corrected chi connectivity index (χ1v) is 9.60. The van der Waals surface area contributed by atoms with Crippen molar-refractivity contribution in [2.24, 2.45) is 0 Å². The zero-order chi connectivity index (χ0) is 23.0. The van der Waals surface area contributed by atoms with Crippen LogP contribution in [0.25, 0.3) is 22.6 Å². The molecule has 0 saturated carbocycles. The highest BCUT2D eigenvalue weighted by molar-refractivity contribution is 5.86. The zero-order valence-corrected chi connectivity index (χ0v) is 16.7. The van der Waals surface area contributed by atoms with Crippen LogP contribution in [0.1, 0.15) is 35.1 Å². The molecule has 0 aliphatic rings. The van der Waals surface area contributed by atoms with Crippen LogP contribution in [0.5, 0.6) is 0 Å². The summed E-state index contributed by atoms with van der Waals surface area (Å²) in [5.74, 6) is -1.50. The molecule has 0 aliphatic heterocycles. The van der Waals surface area contributed by atoms with E-state index in [-0.39, 0.29) is 30.1 Å². The summed E-state index contributed by atoms with van der Waals surface area (Å²) in [5.41, 5.74) is -0.403. The van der Waals surface area contributed by atoms with E-state index in [0.29, 0.717) is 17.5 Å². The average molecular weight is 446 g/mol. The zero-order valence-electron chi connectivity index (χ0n) is 16.7. The van der Waals surface area contributed by atoms with Crippen molar-refractivity contribution in [2.45, 2.75) is 32.6 Å². The molecule has 166 valence electrons. The molecule has 32 heavy (non-hydrogen) atoms. The molecule has 0 amide bonds. The summed E-state index contributed by atoms with van der Waals surface area (Å²) in [6.07, 6.45) is -0.905. The Labute approximate surface area is 178 Å². The third-order valence-electron chi connectivity index (χ3n) is 4.76. The number of H-pyrrole nitrogens is 1. The van der Waals surface area contributed by atoms with Gasteiger partial charge in [0, 0.05) is 12.7 Å². The fraction of sp³-hybridized carbons (Fsp3) is 0.250. The molecule has 3 heterocycles. The number of fused-ring (bicyclic) bond motifs is 1. The van der Waals surface area contributed by atoms with Crippen molar-refractivity contribution in [1.29, 1.82) is 0 Å². The molecule has 12 heteroatoms. The predicted molar refractivity (Wildman–Crippen MR) is 107 cm³/mol. The lowest BCUT2D eigenvalue weighted by molar-refractivity contribution is -0.137. The summed E-state index contributed by atoms with van der Waals surface area (Å²) in [7, 11) is 0. The van der Waals surface area contributed by atoms with Gasteiger partial charge in [-0.2, -0.15) is 18.3 Å². The van der Waals surface area contributed by atoms with Crippen LogP contribution in [0, 0.1) is 0 Å². The molecule has 4 aromatic rings. The molecule has 0 fully saturated rings. The third-order valence-corrected chi connectivity index (χ3v) is 4.76. The largest absolute Gasteiger partial charge is 0.475 e. The van der Waals surface area contributed by atoms with Crippen molar-refractivity contribution in [2.75, 3.05) is 0 Å². The number of hydrogen-bond acceptors (Lipinski definition) is 5. The van der Waals surface area contributed by atoms with Gasteiger partial charge in [-0.05, 0) is 24.1 Å². The lowest BCUT2D eigenvalue weighted by atomic mass is 10.1. The van der Waals surface area contributed by atoms with Gasteiger partial charge in [-0.15, -0.1) is 0 Å². The topological polar surface area (TPSA) is 119 Å². The molecular weight excluding hydrogens is 429 g/mol. The average Bonchev–Trinajstić information content (AvgIpc) is 3.36. The number of rotatable bonds is 6. The number of imidazole rings is 1. The van der Waals surface area contributed by atoms with E-state index >= 15 is 0 Å². The van der Waals surface area contributed by atoms with Gasteiger partial charge in [0.05, 0.1) is 23.9 Å². The Morgan fingerprint density at radius 3 is 2.72 bits per heavy atom. The number of halogens is 3. The van der Waals surface area contributed by atoms with Crippen LogP contribution in [0.4, 0.5) is 13.2 Å². The fourth-order valence-corrected chi connectivity index (χ4v) is 3.32. The number of alkyl halides is 3. The quantitative estimate of drug-likeness (QED) is 0.470. The Morgan fingerprint density at radius 2 is 2.03 bits per heavy atom. The molecule has 1 aromatic carbocycles. The number of nitrogens with one attached hydrogen (secondary N) is 1. The monoisotopic (exact) mass is 446 g/mol. The van der Waals surface area contributed by atoms with E-state index in [1.807, 2.05) is 0 Å². The minimum atomic E-state index is -4.44. The number of nitrogens with zero attached hydrogens (tertiary/aromatic N) is 5. The molecular formula is C20H17F3N6O3. The summed E-state index contributed by atoms with van der Waals surface area (Å²) >= 11 is 0. The summed E-state index contributed by atoms with van der Waals surface area (Å²) in [6, 6.07) is 4.94. The van der Waals surface area contributed by atoms with E-state index in [1.165, 1.54) is 16.9 Å². The highest BCUT2D eigenvalue weighted by atomic mass is 19.4. The first kappa shape index (κ1) is 21.3. The van der Waals surface area contributed by atoms with Gasteiger partial charge in [0.15, 0.2) is 11.2 Å². The number of aromatic carboxylic acids is 1. The number of hydrogen-bond donors (Lipinski definition) is 2. The van der Waals surface area contributed by atoms with Crippen LogP contribution in [-0.4, -0.2) is 40.4 Å². The van der Waals surface area contributed by atoms with E-state index in [0.717, 1.165) is 16.7 Å². The second-order valence-corrected chi connectivity index (χ2v) is 7.11. The van der Waals surface area contributed by atoms with Gasteiger partial charge in [0.25, 0.3) is 5.56 Å². The predicted octanol–water partition coefficient (Wildman–Crippen LogP) is 3.16. The van der Waals surface area contributed by atoms with Crippen molar-refractivity contribution < 1.29 is 23.1 Å². The van der Waals surface area contributed by atoms with Gasteiger partial charge in [-0.1, -0.05) is 19.1 Å². The lowest BCUT2D eigenvalue weighted by Gasteiger charge is -2.08. The van der Waals surface area contributed by atoms with Gasteiger partial charge in [0.1, 0.15) is 5.82 Å².